The second-order valence-corrected chi connectivity index (χ2v) is 10.0. The Balaban J connectivity index is 0.000000405. The Labute approximate surface area is 212 Å². The number of aromatic nitrogens is 3. The molecule has 5 rings (SSSR count). The lowest BCUT2D eigenvalue weighted by Crippen LogP contribution is -2.44. The summed E-state index contributed by atoms with van der Waals surface area (Å²) in [5.41, 5.74) is 1.24. The van der Waals surface area contributed by atoms with Gasteiger partial charge in [-0.15, -0.1) is 10.2 Å². The quantitative estimate of drug-likeness (QED) is 0.621. The van der Waals surface area contributed by atoms with Gasteiger partial charge in [0.2, 0.25) is 5.82 Å². The van der Waals surface area contributed by atoms with Crippen molar-refractivity contribution in [2.75, 3.05) is 19.7 Å². The zero-order valence-corrected chi connectivity index (χ0v) is 20.5. The SMILES string of the molecule is O=C(NC1CCCCC1)c1nnc2n1CC1(CCN(Cc3ccoc3)CC1)COC2.O=C(O)C(F)(F)F. The van der Waals surface area contributed by atoms with Gasteiger partial charge in [0.15, 0.2) is 5.82 Å². The highest BCUT2D eigenvalue weighted by Gasteiger charge is 2.40. The van der Waals surface area contributed by atoms with Crippen LogP contribution >= 0.6 is 0 Å². The van der Waals surface area contributed by atoms with E-state index in [1.807, 2.05) is 16.9 Å². The topological polar surface area (TPSA) is 123 Å². The lowest BCUT2D eigenvalue weighted by atomic mass is 9.78. The van der Waals surface area contributed by atoms with E-state index in [0.29, 0.717) is 19.0 Å². The molecule has 3 aliphatic rings. The highest BCUT2D eigenvalue weighted by atomic mass is 19.4. The van der Waals surface area contributed by atoms with Crippen molar-refractivity contribution >= 4 is 11.9 Å². The number of hydrogen-bond donors (Lipinski definition) is 2. The van der Waals surface area contributed by atoms with Crippen LogP contribution in [0.3, 0.4) is 0 Å². The van der Waals surface area contributed by atoms with Crippen LogP contribution in [0.15, 0.2) is 23.0 Å². The average molecular weight is 528 g/mol. The zero-order chi connectivity index (χ0) is 26.5. The third-order valence-electron chi connectivity index (χ3n) is 7.25. The molecule has 0 radical (unpaired) electrons. The molecule has 2 aromatic heterocycles. The van der Waals surface area contributed by atoms with Crippen molar-refractivity contribution in [3.63, 3.8) is 0 Å². The molecule has 4 heterocycles. The molecule has 0 bridgehead atoms. The van der Waals surface area contributed by atoms with Crippen molar-refractivity contribution in [3.05, 3.63) is 35.8 Å². The van der Waals surface area contributed by atoms with E-state index in [-0.39, 0.29) is 17.4 Å². The molecule has 1 saturated carbocycles. The predicted octanol–water partition coefficient (Wildman–Crippen LogP) is 3.38. The number of fused-ring (bicyclic) bond motifs is 1. The molecule has 2 aliphatic heterocycles. The zero-order valence-electron chi connectivity index (χ0n) is 20.5. The van der Waals surface area contributed by atoms with Crippen molar-refractivity contribution in [2.45, 2.75) is 76.9 Å². The normalized spacial score (nSPS) is 20.4. The molecule has 13 heteroatoms. The van der Waals surface area contributed by atoms with E-state index in [2.05, 4.69) is 20.4 Å². The van der Waals surface area contributed by atoms with Gasteiger partial charge >= 0.3 is 12.1 Å². The van der Waals surface area contributed by atoms with Gasteiger partial charge in [-0.3, -0.25) is 9.69 Å². The second kappa shape index (κ2) is 11.6. The number of carbonyl (C=O) groups is 2. The van der Waals surface area contributed by atoms with Crippen molar-refractivity contribution in [1.29, 1.82) is 0 Å². The summed E-state index contributed by atoms with van der Waals surface area (Å²) in [5, 5.41) is 18.8. The van der Waals surface area contributed by atoms with Crippen LogP contribution in [-0.4, -0.2) is 68.6 Å². The van der Waals surface area contributed by atoms with Gasteiger partial charge in [-0.05, 0) is 44.8 Å². The minimum atomic E-state index is -5.08. The van der Waals surface area contributed by atoms with Crippen molar-refractivity contribution in [2.24, 2.45) is 5.41 Å². The molecule has 1 aliphatic carbocycles. The molecule has 2 aromatic rings. The molecule has 2 fully saturated rings. The number of nitrogens with one attached hydrogen (secondary N) is 1. The molecule has 0 atom stereocenters. The van der Waals surface area contributed by atoms with Crippen LogP contribution in [0.25, 0.3) is 0 Å². The first-order chi connectivity index (χ1) is 17.7. The van der Waals surface area contributed by atoms with Crippen LogP contribution in [0.2, 0.25) is 0 Å². The maximum Gasteiger partial charge on any atom is 0.490 e. The number of rotatable bonds is 4. The summed E-state index contributed by atoms with van der Waals surface area (Å²) in [5.74, 6) is -1.63. The van der Waals surface area contributed by atoms with E-state index in [9.17, 15) is 18.0 Å². The number of halogens is 3. The summed E-state index contributed by atoms with van der Waals surface area (Å²) >= 11 is 0. The van der Waals surface area contributed by atoms with Gasteiger partial charge in [0.05, 0.1) is 19.1 Å². The molecule has 204 valence electrons. The summed E-state index contributed by atoms with van der Waals surface area (Å²) in [4.78, 5) is 24.3. The lowest BCUT2D eigenvalue weighted by Gasteiger charge is -2.41. The second-order valence-electron chi connectivity index (χ2n) is 10.0. The van der Waals surface area contributed by atoms with Gasteiger partial charge < -0.3 is 24.1 Å². The fourth-order valence-electron chi connectivity index (χ4n) is 5.14. The Morgan fingerprint density at radius 1 is 1.16 bits per heavy atom. The van der Waals surface area contributed by atoms with Gasteiger partial charge in [0, 0.05) is 30.1 Å². The summed E-state index contributed by atoms with van der Waals surface area (Å²) in [6, 6.07) is 2.29. The minimum Gasteiger partial charge on any atom is -0.475 e. The number of likely N-dealkylation sites (tertiary alicyclic amines) is 1. The molecule has 1 spiro atoms. The highest BCUT2D eigenvalue weighted by Crippen LogP contribution is 2.37. The molecular weight excluding hydrogens is 495 g/mol. The third kappa shape index (κ3) is 7.10. The standard InChI is InChI=1S/C22H31N5O3.C2HF3O2/c28-21(23-18-4-2-1-3-5-18)20-25-24-19-14-30-16-22(15-27(19)20)7-9-26(10-8-22)12-17-6-11-29-13-17;3-2(4,5)1(6)7/h6,11,13,18H,1-5,7-10,12,14-16H2,(H,23,28);(H,6,7). The van der Waals surface area contributed by atoms with Gasteiger partial charge in [-0.2, -0.15) is 13.2 Å². The van der Waals surface area contributed by atoms with E-state index >= 15 is 0 Å². The number of furan rings is 1. The summed E-state index contributed by atoms with van der Waals surface area (Å²) in [6.07, 6.45) is 6.30. The molecule has 1 saturated heterocycles. The number of nitrogens with zero attached hydrogens (tertiary/aromatic N) is 4. The van der Waals surface area contributed by atoms with E-state index < -0.39 is 12.1 Å². The highest BCUT2D eigenvalue weighted by molar-refractivity contribution is 5.90. The Morgan fingerprint density at radius 3 is 2.49 bits per heavy atom. The number of piperidine rings is 1. The fraction of sp³-hybridized carbons (Fsp3) is 0.667. The van der Waals surface area contributed by atoms with Crippen LogP contribution in [0.5, 0.6) is 0 Å². The van der Waals surface area contributed by atoms with Crippen LogP contribution in [0.1, 0.15) is 67.0 Å². The van der Waals surface area contributed by atoms with Crippen LogP contribution in [0.4, 0.5) is 13.2 Å². The monoisotopic (exact) mass is 527 g/mol. The summed E-state index contributed by atoms with van der Waals surface area (Å²) < 4.78 is 45.0. The van der Waals surface area contributed by atoms with Crippen molar-refractivity contribution in [1.82, 2.24) is 25.0 Å². The fourth-order valence-corrected chi connectivity index (χ4v) is 5.14. The summed E-state index contributed by atoms with van der Waals surface area (Å²) in [6.45, 7) is 4.82. The Morgan fingerprint density at radius 2 is 1.86 bits per heavy atom. The largest absolute Gasteiger partial charge is 0.490 e. The smallest absolute Gasteiger partial charge is 0.475 e. The predicted molar refractivity (Wildman–Crippen MR) is 123 cm³/mol. The van der Waals surface area contributed by atoms with Crippen molar-refractivity contribution < 1.29 is 37.0 Å². The van der Waals surface area contributed by atoms with E-state index in [4.69, 9.17) is 19.1 Å². The number of hydrogen-bond acceptors (Lipinski definition) is 7. The van der Waals surface area contributed by atoms with Crippen molar-refractivity contribution in [3.8, 4) is 0 Å². The third-order valence-corrected chi connectivity index (χ3v) is 7.25. The molecule has 0 unspecified atom stereocenters. The van der Waals surface area contributed by atoms with Gasteiger partial charge in [0.1, 0.15) is 6.61 Å². The molecule has 0 aromatic carbocycles. The first-order valence-electron chi connectivity index (χ1n) is 12.5. The first-order valence-corrected chi connectivity index (χ1v) is 12.5. The van der Waals surface area contributed by atoms with Crippen LogP contribution in [-0.2, 0) is 29.2 Å². The number of carboxylic acid groups (broad SMARTS) is 1. The lowest BCUT2D eigenvalue weighted by molar-refractivity contribution is -0.192. The maximum absolute atomic E-state index is 13.0. The number of ether oxygens (including phenoxy) is 1. The Bertz CT molecular complexity index is 1040. The van der Waals surface area contributed by atoms with Gasteiger partial charge in [0.25, 0.3) is 5.91 Å². The van der Waals surface area contributed by atoms with E-state index in [0.717, 1.165) is 57.7 Å². The minimum absolute atomic E-state index is 0.0282. The number of alkyl halides is 3. The molecule has 37 heavy (non-hydrogen) atoms. The molecule has 1 amide bonds. The average Bonchev–Trinajstić information content (AvgIpc) is 3.48. The van der Waals surface area contributed by atoms with Crippen LogP contribution in [0, 0.1) is 5.41 Å². The molecule has 10 nitrogen and oxygen atoms in total. The number of carboxylic acids is 1. The van der Waals surface area contributed by atoms with Gasteiger partial charge in [-0.25, -0.2) is 4.79 Å². The maximum atomic E-state index is 13.0. The summed E-state index contributed by atoms with van der Waals surface area (Å²) in [7, 11) is 0. The number of aliphatic carboxylic acids is 1. The molecule has 2 N–H and O–H groups in total. The van der Waals surface area contributed by atoms with E-state index in [1.165, 1.54) is 24.8 Å². The van der Waals surface area contributed by atoms with E-state index in [1.54, 1.807) is 6.26 Å². The number of amides is 1. The Kier molecular flexibility index (Phi) is 8.53. The van der Waals surface area contributed by atoms with Gasteiger partial charge in [-0.1, -0.05) is 19.3 Å². The Hall–Kier alpha value is -2.93. The first kappa shape index (κ1) is 27.1. The molecular formula is C24H32F3N5O5. The van der Waals surface area contributed by atoms with Crippen LogP contribution < -0.4 is 5.32 Å². The number of carbonyl (C=O) groups excluding carboxylic acids is 1.